The van der Waals surface area contributed by atoms with Gasteiger partial charge in [0.2, 0.25) is 5.95 Å². The minimum absolute atomic E-state index is 0.478. The fourth-order valence-electron chi connectivity index (χ4n) is 2.51. The van der Waals surface area contributed by atoms with E-state index in [9.17, 15) is 0 Å². The van der Waals surface area contributed by atoms with E-state index < -0.39 is 0 Å². The second kappa shape index (κ2) is 3.94. The molecule has 5 nitrogen and oxygen atoms in total. The zero-order valence-corrected chi connectivity index (χ0v) is 11.0. The van der Waals surface area contributed by atoms with Crippen LogP contribution in [0.1, 0.15) is 25.1 Å². The Morgan fingerprint density at radius 2 is 2.35 bits per heavy atom. The van der Waals surface area contributed by atoms with Crippen molar-refractivity contribution in [3.63, 3.8) is 0 Å². The first-order valence-electron chi connectivity index (χ1n) is 6.01. The van der Waals surface area contributed by atoms with Gasteiger partial charge in [0.1, 0.15) is 5.52 Å². The maximum atomic E-state index is 6.07. The Labute approximate surface area is 104 Å². The summed E-state index contributed by atoms with van der Waals surface area (Å²) >= 11 is 1.98. The third-order valence-electron chi connectivity index (χ3n) is 3.34. The number of anilines is 1. The molecule has 0 aromatic carbocycles. The van der Waals surface area contributed by atoms with E-state index in [1.54, 1.807) is 0 Å². The average molecular weight is 251 g/mol. The Kier molecular flexibility index (Phi) is 2.54. The van der Waals surface area contributed by atoms with Gasteiger partial charge >= 0.3 is 0 Å². The zero-order chi connectivity index (χ0) is 12.0. The third-order valence-corrected chi connectivity index (χ3v) is 4.49. The lowest BCUT2D eigenvalue weighted by Crippen LogP contribution is -2.14. The van der Waals surface area contributed by atoms with Gasteiger partial charge in [-0.2, -0.15) is 16.9 Å². The Morgan fingerprint density at radius 1 is 1.53 bits per heavy atom. The first-order valence-corrected chi connectivity index (χ1v) is 7.16. The molecule has 0 saturated carbocycles. The van der Waals surface area contributed by atoms with Crippen LogP contribution in [0.4, 0.5) is 5.95 Å². The Morgan fingerprint density at radius 3 is 3.00 bits per heavy atom. The minimum atomic E-state index is 0.478. The molecular weight excluding hydrogens is 234 g/mol. The number of nitrogen functional groups attached to an aromatic ring is 1. The lowest BCUT2D eigenvalue weighted by molar-refractivity contribution is 0.555. The molecule has 3 heterocycles. The van der Waals surface area contributed by atoms with Crippen molar-refractivity contribution in [1.29, 1.82) is 0 Å². The Balaban J connectivity index is 2.24. The Hall–Kier alpha value is -1.17. The summed E-state index contributed by atoms with van der Waals surface area (Å²) < 4.78 is 4.19. The topological polar surface area (TPSA) is 61.7 Å². The number of fused-ring (bicyclic) bond motifs is 1. The molecule has 1 saturated heterocycles. The summed E-state index contributed by atoms with van der Waals surface area (Å²) in [5.41, 5.74) is 9.09. The number of rotatable bonds is 2. The van der Waals surface area contributed by atoms with Gasteiger partial charge < -0.3 is 5.73 Å². The number of nitrogens with zero attached hydrogens (tertiary/aromatic N) is 4. The largest absolute Gasteiger partial charge is 0.369 e. The van der Waals surface area contributed by atoms with Crippen LogP contribution in [0.25, 0.3) is 11.2 Å². The average Bonchev–Trinajstić information content (AvgIpc) is 2.97. The number of aryl methyl sites for hydroxylation is 2. The van der Waals surface area contributed by atoms with Crippen molar-refractivity contribution >= 4 is 28.9 Å². The molecule has 0 bridgehead atoms. The van der Waals surface area contributed by atoms with Gasteiger partial charge in [0.05, 0.1) is 5.69 Å². The minimum Gasteiger partial charge on any atom is -0.369 e. The molecule has 6 heteroatoms. The molecule has 0 aliphatic carbocycles. The van der Waals surface area contributed by atoms with Gasteiger partial charge in [0.15, 0.2) is 5.65 Å². The highest BCUT2D eigenvalue weighted by Gasteiger charge is 2.25. The van der Waals surface area contributed by atoms with Crippen molar-refractivity contribution in [2.24, 2.45) is 0 Å². The molecule has 92 valence electrons. The number of aromatic nitrogens is 4. The van der Waals surface area contributed by atoms with E-state index in [-0.39, 0.29) is 0 Å². The van der Waals surface area contributed by atoms with E-state index in [4.69, 9.17) is 5.73 Å². The van der Waals surface area contributed by atoms with Crippen LogP contribution in [-0.2, 0) is 6.54 Å². The molecule has 0 amide bonds. The summed E-state index contributed by atoms with van der Waals surface area (Å²) in [6.45, 7) is 4.95. The van der Waals surface area contributed by atoms with Crippen molar-refractivity contribution in [1.82, 2.24) is 19.3 Å². The van der Waals surface area contributed by atoms with Crippen LogP contribution in [-0.4, -0.2) is 30.8 Å². The molecular formula is C11H17N5S. The highest BCUT2D eigenvalue weighted by atomic mass is 32.2. The summed E-state index contributed by atoms with van der Waals surface area (Å²) in [6.07, 6.45) is 1.17. The number of imidazole rings is 1. The summed E-state index contributed by atoms with van der Waals surface area (Å²) in [7, 11) is 0. The van der Waals surface area contributed by atoms with Crippen LogP contribution < -0.4 is 5.73 Å². The van der Waals surface area contributed by atoms with Gasteiger partial charge in [0.25, 0.3) is 0 Å². The fourth-order valence-corrected chi connectivity index (χ4v) is 3.71. The van der Waals surface area contributed by atoms with E-state index in [0.717, 1.165) is 29.2 Å². The zero-order valence-electron chi connectivity index (χ0n) is 10.2. The molecule has 2 aromatic rings. The van der Waals surface area contributed by atoms with E-state index in [1.165, 1.54) is 12.2 Å². The molecule has 1 fully saturated rings. The highest BCUT2D eigenvalue weighted by Crippen LogP contribution is 2.33. The Bertz CT molecular complexity index is 550. The first kappa shape index (κ1) is 11.0. The van der Waals surface area contributed by atoms with Crippen LogP contribution in [0.2, 0.25) is 0 Å². The summed E-state index contributed by atoms with van der Waals surface area (Å²) in [5.74, 6) is 2.97. The molecule has 1 atom stereocenters. The standard InChI is InChI=1S/C11H17N5S/c1-3-15-10-9(7(2)14-15)13-11(12)16(10)8-4-5-17-6-8/h8H,3-6H2,1-2H3,(H2,12,13). The van der Waals surface area contributed by atoms with Crippen molar-refractivity contribution < 1.29 is 0 Å². The van der Waals surface area contributed by atoms with Crippen molar-refractivity contribution in [2.45, 2.75) is 32.9 Å². The summed E-state index contributed by atoms with van der Waals surface area (Å²) in [4.78, 5) is 4.47. The summed E-state index contributed by atoms with van der Waals surface area (Å²) in [6, 6.07) is 0.478. The van der Waals surface area contributed by atoms with Crippen LogP contribution >= 0.6 is 11.8 Å². The quantitative estimate of drug-likeness (QED) is 0.884. The molecule has 1 aliphatic rings. The van der Waals surface area contributed by atoms with Crippen LogP contribution in [0.15, 0.2) is 0 Å². The SMILES string of the molecule is CCn1nc(C)c2nc(N)n(C3CCSC3)c21. The van der Waals surface area contributed by atoms with Gasteiger partial charge in [-0.3, -0.25) is 4.57 Å². The smallest absolute Gasteiger partial charge is 0.202 e. The fraction of sp³-hybridized carbons (Fsp3) is 0.636. The van der Waals surface area contributed by atoms with Gasteiger partial charge in [-0.05, 0) is 26.0 Å². The van der Waals surface area contributed by atoms with Crippen LogP contribution in [0.3, 0.4) is 0 Å². The predicted molar refractivity (Wildman–Crippen MR) is 71.3 cm³/mol. The number of hydrogen-bond donors (Lipinski definition) is 1. The number of nitrogens with two attached hydrogens (primary N) is 1. The van der Waals surface area contributed by atoms with Gasteiger partial charge in [-0.25, -0.2) is 9.67 Å². The number of thioether (sulfide) groups is 1. The normalized spacial score (nSPS) is 20.5. The van der Waals surface area contributed by atoms with E-state index in [1.807, 2.05) is 23.4 Å². The molecule has 2 aromatic heterocycles. The van der Waals surface area contributed by atoms with Gasteiger partial charge in [-0.1, -0.05) is 0 Å². The van der Waals surface area contributed by atoms with Crippen molar-refractivity contribution in [3.05, 3.63) is 5.69 Å². The van der Waals surface area contributed by atoms with E-state index >= 15 is 0 Å². The van der Waals surface area contributed by atoms with E-state index in [2.05, 4.69) is 21.6 Å². The second-order valence-electron chi connectivity index (χ2n) is 4.43. The lowest BCUT2D eigenvalue weighted by atomic mass is 10.2. The first-order chi connectivity index (χ1) is 8.22. The number of hydrogen-bond acceptors (Lipinski definition) is 4. The monoisotopic (exact) mass is 251 g/mol. The molecule has 0 radical (unpaired) electrons. The van der Waals surface area contributed by atoms with Crippen molar-refractivity contribution in [3.8, 4) is 0 Å². The van der Waals surface area contributed by atoms with Crippen molar-refractivity contribution in [2.75, 3.05) is 17.2 Å². The van der Waals surface area contributed by atoms with E-state index in [0.29, 0.717) is 12.0 Å². The second-order valence-corrected chi connectivity index (χ2v) is 5.58. The maximum Gasteiger partial charge on any atom is 0.202 e. The molecule has 2 N–H and O–H groups in total. The predicted octanol–water partition coefficient (Wildman–Crippen LogP) is 1.82. The highest BCUT2D eigenvalue weighted by molar-refractivity contribution is 7.99. The molecule has 17 heavy (non-hydrogen) atoms. The van der Waals surface area contributed by atoms with Crippen LogP contribution in [0, 0.1) is 6.92 Å². The molecule has 1 aliphatic heterocycles. The molecule has 1 unspecified atom stereocenters. The van der Waals surface area contributed by atoms with Gasteiger partial charge in [-0.15, -0.1) is 0 Å². The van der Waals surface area contributed by atoms with Crippen LogP contribution in [0.5, 0.6) is 0 Å². The lowest BCUT2D eigenvalue weighted by Gasteiger charge is -2.14. The van der Waals surface area contributed by atoms with Gasteiger partial charge in [0, 0.05) is 18.3 Å². The third kappa shape index (κ3) is 1.54. The molecule has 3 rings (SSSR count). The summed E-state index contributed by atoms with van der Waals surface area (Å²) in [5, 5.41) is 4.51. The maximum absolute atomic E-state index is 6.07. The molecule has 0 spiro atoms.